The molecule has 2 atom stereocenters. The molecule has 0 bridgehead atoms. The predicted octanol–water partition coefficient (Wildman–Crippen LogP) is 3.19. The maximum Gasteiger partial charge on any atom is 0.510 e. The summed E-state index contributed by atoms with van der Waals surface area (Å²) in [5.41, 5.74) is 2.61. The molecule has 0 fully saturated rings. The molecule has 3 rings (SSSR count). The van der Waals surface area contributed by atoms with Crippen molar-refractivity contribution in [1.82, 2.24) is 24.4 Å². The third kappa shape index (κ3) is 5.40. The van der Waals surface area contributed by atoms with Crippen molar-refractivity contribution in [2.45, 2.75) is 44.8 Å². The van der Waals surface area contributed by atoms with E-state index < -0.39 is 29.2 Å². The van der Waals surface area contributed by atoms with Gasteiger partial charge in [-0.1, -0.05) is 0 Å². The van der Waals surface area contributed by atoms with E-state index in [0.717, 1.165) is 20.6 Å². The van der Waals surface area contributed by atoms with Crippen LogP contribution in [0.4, 0.5) is 9.59 Å². The molecule has 3 aromatic rings. The number of ether oxygens (including phenoxy) is 4. The molecule has 0 N–H and O–H groups in total. The van der Waals surface area contributed by atoms with Gasteiger partial charge >= 0.3 is 12.2 Å². The van der Waals surface area contributed by atoms with Gasteiger partial charge in [0.1, 0.15) is 11.3 Å². The summed E-state index contributed by atoms with van der Waals surface area (Å²) < 4.78 is 35.3. The number of carbonyl (C=O) groups excluding carboxylic acids is 2. The number of aryl methyl sites for hydroxylation is 1. The van der Waals surface area contributed by atoms with E-state index in [2.05, 4.69) is 15.0 Å². The molecule has 0 radical (unpaired) electrons. The molecule has 3 aromatic heterocycles. The number of carbonyl (C=O) groups is 2. The smallest absolute Gasteiger partial charge is 0.496 e. The molecule has 0 aliphatic rings. The highest BCUT2D eigenvalue weighted by molar-refractivity contribution is 7.84. The number of fused-ring (bicyclic) bond motifs is 1. The lowest BCUT2D eigenvalue weighted by molar-refractivity contribution is -0.0127. The average Bonchev–Trinajstić information content (AvgIpc) is 3.24. The van der Waals surface area contributed by atoms with Gasteiger partial charge in [0.05, 0.1) is 43.1 Å². The first-order valence-electron chi connectivity index (χ1n) is 11.0. The lowest BCUT2D eigenvalue weighted by Gasteiger charge is -2.24. The summed E-state index contributed by atoms with van der Waals surface area (Å²) >= 11 is 0. The number of amides is 1. The highest BCUT2D eigenvalue weighted by Gasteiger charge is 2.29. The topological polar surface area (TPSA) is 135 Å². The van der Waals surface area contributed by atoms with E-state index in [4.69, 9.17) is 18.9 Å². The van der Waals surface area contributed by atoms with Crippen LogP contribution in [0, 0.1) is 13.8 Å². The van der Waals surface area contributed by atoms with Crippen LogP contribution in [0.25, 0.3) is 11.2 Å². The molecular weight excluding hydrogens is 490 g/mol. The molecule has 13 heteroatoms. The van der Waals surface area contributed by atoms with Crippen molar-refractivity contribution in [1.29, 1.82) is 0 Å². The highest BCUT2D eigenvalue weighted by atomic mass is 32.2. The molecule has 1 amide bonds. The largest absolute Gasteiger partial charge is 0.510 e. The standard InChI is InChI=1S/C23H29N5O7S/c1-8-34-23(30)35-15(4)27(5)22(29)28-20-16(9-10-18(26-20)32-6)25-21(28)36(31)12-17-14(3)19(33-7)13(2)11-24-17/h9-11,15H,8,12H2,1-7H3. The molecule has 36 heavy (non-hydrogen) atoms. The lowest BCUT2D eigenvalue weighted by Crippen LogP contribution is -2.41. The van der Waals surface area contributed by atoms with Crippen molar-refractivity contribution in [3.63, 3.8) is 0 Å². The summed E-state index contributed by atoms with van der Waals surface area (Å²) in [6.07, 6.45) is -0.272. The molecule has 194 valence electrons. The lowest BCUT2D eigenvalue weighted by atomic mass is 10.1. The van der Waals surface area contributed by atoms with E-state index in [1.807, 2.05) is 13.8 Å². The first-order chi connectivity index (χ1) is 17.1. The van der Waals surface area contributed by atoms with Gasteiger partial charge in [-0.3, -0.25) is 14.1 Å². The van der Waals surface area contributed by atoms with Crippen molar-refractivity contribution in [2.24, 2.45) is 0 Å². The van der Waals surface area contributed by atoms with Crippen molar-refractivity contribution < 1.29 is 32.7 Å². The van der Waals surface area contributed by atoms with Crippen LogP contribution in [0.15, 0.2) is 23.5 Å². The van der Waals surface area contributed by atoms with Crippen LogP contribution in [0.2, 0.25) is 0 Å². The van der Waals surface area contributed by atoms with Gasteiger partial charge in [0, 0.05) is 30.4 Å². The molecule has 2 unspecified atom stereocenters. The SMILES string of the molecule is CCOC(=O)OC(C)N(C)C(=O)n1c(S(=O)Cc2ncc(C)c(OC)c2C)nc2ccc(OC)nc21. The van der Waals surface area contributed by atoms with Crippen LogP contribution in [0.3, 0.4) is 0 Å². The number of hydrogen-bond acceptors (Lipinski definition) is 10. The Kier molecular flexibility index (Phi) is 8.45. The summed E-state index contributed by atoms with van der Waals surface area (Å²) in [7, 11) is 2.63. The summed E-state index contributed by atoms with van der Waals surface area (Å²) in [5, 5.41) is -0.0355. The Morgan fingerprint density at radius 1 is 1.17 bits per heavy atom. The number of aromatic nitrogens is 4. The summed E-state index contributed by atoms with van der Waals surface area (Å²) in [5.74, 6) is 0.875. The second-order valence-electron chi connectivity index (χ2n) is 7.76. The molecule has 12 nitrogen and oxygen atoms in total. The Balaban J connectivity index is 2.04. The fourth-order valence-electron chi connectivity index (χ4n) is 3.45. The molecule has 3 heterocycles. The van der Waals surface area contributed by atoms with Crippen molar-refractivity contribution in [3.05, 3.63) is 35.2 Å². The summed E-state index contributed by atoms with van der Waals surface area (Å²) in [6.45, 7) is 6.96. The van der Waals surface area contributed by atoms with Gasteiger partial charge < -0.3 is 18.9 Å². The summed E-state index contributed by atoms with van der Waals surface area (Å²) in [6, 6.07) is 2.54. The second kappa shape index (κ2) is 11.3. The molecule has 0 aliphatic carbocycles. The second-order valence-corrected chi connectivity index (χ2v) is 9.10. The minimum Gasteiger partial charge on any atom is -0.496 e. The van der Waals surface area contributed by atoms with E-state index in [1.54, 1.807) is 32.4 Å². The van der Waals surface area contributed by atoms with Gasteiger partial charge in [0.2, 0.25) is 11.0 Å². The Labute approximate surface area is 211 Å². The third-order valence-electron chi connectivity index (χ3n) is 5.45. The van der Waals surface area contributed by atoms with E-state index in [0.29, 0.717) is 17.0 Å². The van der Waals surface area contributed by atoms with Gasteiger partial charge in [-0.05, 0) is 33.8 Å². The molecule has 0 aromatic carbocycles. The Morgan fingerprint density at radius 2 is 1.89 bits per heavy atom. The first kappa shape index (κ1) is 26.9. The number of pyridine rings is 2. The number of imidazole rings is 1. The van der Waals surface area contributed by atoms with Gasteiger partial charge in [-0.2, -0.15) is 4.98 Å². The average molecular weight is 520 g/mol. The van der Waals surface area contributed by atoms with E-state index in [-0.39, 0.29) is 29.0 Å². The maximum absolute atomic E-state index is 13.6. The van der Waals surface area contributed by atoms with Crippen LogP contribution < -0.4 is 9.47 Å². The zero-order valence-corrected chi connectivity index (χ0v) is 22.0. The summed E-state index contributed by atoms with van der Waals surface area (Å²) in [4.78, 5) is 39.6. The zero-order chi connectivity index (χ0) is 26.6. The monoisotopic (exact) mass is 519 g/mol. The quantitative estimate of drug-likeness (QED) is 0.322. The van der Waals surface area contributed by atoms with E-state index in [1.165, 1.54) is 21.1 Å². The van der Waals surface area contributed by atoms with E-state index >= 15 is 0 Å². The number of rotatable bonds is 8. The van der Waals surface area contributed by atoms with Crippen LogP contribution in [0.1, 0.15) is 30.7 Å². The molecule has 0 spiro atoms. The number of hydrogen-bond donors (Lipinski definition) is 0. The van der Waals surface area contributed by atoms with E-state index in [9.17, 15) is 13.8 Å². The molecule has 0 saturated heterocycles. The van der Waals surface area contributed by atoms with Crippen LogP contribution >= 0.6 is 0 Å². The fourth-order valence-corrected chi connectivity index (χ4v) is 4.68. The van der Waals surface area contributed by atoms with Gasteiger partial charge in [0.25, 0.3) is 0 Å². The minimum absolute atomic E-state index is 0.0190. The van der Waals surface area contributed by atoms with Crippen molar-refractivity contribution >= 4 is 34.1 Å². The van der Waals surface area contributed by atoms with Crippen LogP contribution in [0.5, 0.6) is 11.6 Å². The zero-order valence-electron chi connectivity index (χ0n) is 21.2. The van der Waals surface area contributed by atoms with Gasteiger partial charge in [0.15, 0.2) is 11.9 Å². The normalized spacial score (nSPS) is 12.6. The first-order valence-corrected chi connectivity index (χ1v) is 12.4. The minimum atomic E-state index is -1.81. The third-order valence-corrected chi connectivity index (χ3v) is 6.66. The molecular formula is C23H29N5O7S. The van der Waals surface area contributed by atoms with Gasteiger partial charge in [-0.15, -0.1) is 0 Å². The van der Waals surface area contributed by atoms with Crippen LogP contribution in [-0.2, 0) is 26.0 Å². The predicted molar refractivity (Wildman–Crippen MR) is 131 cm³/mol. The Hall–Kier alpha value is -3.74. The number of methoxy groups -OCH3 is 2. The molecule has 0 aliphatic heterocycles. The van der Waals surface area contributed by atoms with Gasteiger partial charge in [-0.25, -0.2) is 19.1 Å². The highest BCUT2D eigenvalue weighted by Crippen LogP contribution is 2.27. The molecule has 0 saturated carbocycles. The fraction of sp³-hybridized carbons (Fsp3) is 0.435. The Morgan fingerprint density at radius 3 is 2.53 bits per heavy atom. The Bertz CT molecular complexity index is 1310. The van der Waals surface area contributed by atoms with Crippen LogP contribution in [-0.4, -0.2) is 74.9 Å². The number of nitrogens with zero attached hydrogens (tertiary/aromatic N) is 5. The maximum atomic E-state index is 13.6. The van der Waals surface area contributed by atoms with Crippen molar-refractivity contribution in [2.75, 3.05) is 27.9 Å². The van der Waals surface area contributed by atoms with Crippen molar-refractivity contribution in [3.8, 4) is 11.6 Å².